The Hall–Kier alpha value is -3.17. The minimum Gasteiger partial charge on any atom is -0.324 e. The number of nitrogens with zero attached hydrogens (tertiary/aromatic N) is 4. The Morgan fingerprint density at radius 3 is 2.45 bits per heavy atom. The van der Waals surface area contributed by atoms with E-state index in [1.807, 2.05) is 20.8 Å². The molecule has 0 radical (unpaired) electrons. The lowest BCUT2D eigenvalue weighted by molar-refractivity contribution is -0.137. The highest BCUT2D eigenvalue weighted by atomic mass is 19.4. The first kappa shape index (κ1) is 20.6. The molecule has 3 aromatic rings. The second-order valence-electron chi connectivity index (χ2n) is 7.63. The third kappa shape index (κ3) is 4.01. The number of rotatable bonds is 3. The fourth-order valence-electron chi connectivity index (χ4n) is 3.00. The van der Waals surface area contributed by atoms with E-state index >= 15 is 0 Å². The maximum atomic E-state index is 13.1. The number of fused-ring (bicyclic) bond motifs is 1. The molecule has 2 aromatic heterocycles. The summed E-state index contributed by atoms with van der Waals surface area (Å²) in [6.07, 6.45) is -3.08. The number of para-hydroxylation sites is 1. The highest BCUT2D eigenvalue weighted by Crippen LogP contribution is 2.34. The average Bonchev–Trinajstić information content (AvgIpc) is 3.05. The smallest absolute Gasteiger partial charge is 0.324 e. The lowest BCUT2D eigenvalue weighted by Crippen LogP contribution is -2.33. The summed E-state index contributed by atoms with van der Waals surface area (Å²) in [7, 11) is 0. The van der Waals surface area contributed by atoms with Gasteiger partial charge in [0.1, 0.15) is 12.1 Å². The van der Waals surface area contributed by atoms with Crippen molar-refractivity contribution in [3.05, 3.63) is 52.1 Å². The molecule has 10 heteroatoms. The lowest BCUT2D eigenvalue weighted by atomic mass is 10.1. The SMILES string of the molecule is Cc1nn(CC(=O)Nc2ccccc2C(F)(F)F)c(=O)c2c1cnn2C(C)(C)C. The van der Waals surface area contributed by atoms with Gasteiger partial charge in [-0.25, -0.2) is 4.68 Å². The van der Waals surface area contributed by atoms with Gasteiger partial charge in [-0.05, 0) is 39.8 Å². The van der Waals surface area contributed by atoms with Crippen molar-refractivity contribution in [1.29, 1.82) is 0 Å². The van der Waals surface area contributed by atoms with Gasteiger partial charge < -0.3 is 5.32 Å². The molecule has 0 saturated carbocycles. The van der Waals surface area contributed by atoms with Gasteiger partial charge in [0.25, 0.3) is 5.56 Å². The number of aromatic nitrogens is 4. The van der Waals surface area contributed by atoms with E-state index in [4.69, 9.17) is 0 Å². The number of aryl methyl sites for hydroxylation is 1. The Morgan fingerprint density at radius 2 is 1.83 bits per heavy atom. The summed E-state index contributed by atoms with van der Waals surface area (Å²) in [4.78, 5) is 25.3. The fraction of sp³-hybridized carbons (Fsp3) is 0.368. The van der Waals surface area contributed by atoms with Crippen molar-refractivity contribution in [3.63, 3.8) is 0 Å². The molecule has 1 amide bonds. The molecule has 154 valence electrons. The van der Waals surface area contributed by atoms with Crippen LogP contribution in [0.15, 0.2) is 35.3 Å². The molecule has 0 fully saturated rings. The Bertz CT molecular complexity index is 1140. The zero-order valence-corrected chi connectivity index (χ0v) is 16.3. The van der Waals surface area contributed by atoms with Crippen molar-refractivity contribution in [2.45, 2.75) is 46.0 Å². The van der Waals surface area contributed by atoms with Crippen LogP contribution in [0, 0.1) is 6.92 Å². The van der Waals surface area contributed by atoms with Crippen LogP contribution < -0.4 is 10.9 Å². The predicted octanol–water partition coefficient (Wildman–Crippen LogP) is 3.31. The van der Waals surface area contributed by atoms with Gasteiger partial charge in [0.2, 0.25) is 5.91 Å². The fourth-order valence-corrected chi connectivity index (χ4v) is 3.00. The summed E-state index contributed by atoms with van der Waals surface area (Å²) in [6.45, 7) is 6.76. The average molecular weight is 407 g/mol. The molecule has 0 saturated heterocycles. The van der Waals surface area contributed by atoms with Gasteiger partial charge in [-0.1, -0.05) is 12.1 Å². The van der Waals surface area contributed by atoms with Gasteiger partial charge >= 0.3 is 6.18 Å². The Labute approximate surface area is 164 Å². The van der Waals surface area contributed by atoms with Gasteiger partial charge in [-0.3, -0.25) is 14.3 Å². The second kappa shape index (κ2) is 7.02. The highest BCUT2D eigenvalue weighted by Gasteiger charge is 2.33. The number of benzene rings is 1. The maximum absolute atomic E-state index is 13.1. The summed E-state index contributed by atoms with van der Waals surface area (Å²) >= 11 is 0. The molecule has 0 spiro atoms. The number of carbonyl (C=O) groups is 1. The third-order valence-corrected chi connectivity index (χ3v) is 4.30. The molecular formula is C19H20F3N5O2. The zero-order valence-electron chi connectivity index (χ0n) is 16.3. The van der Waals surface area contributed by atoms with E-state index in [1.165, 1.54) is 18.3 Å². The summed E-state index contributed by atoms with van der Waals surface area (Å²) in [5.74, 6) is -0.795. The van der Waals surface area contributed by atoms with E-state index < -0.39 is 35.3 Å². The molecule has 1 aromatic carbocycles. The van der Waals surface area contributed by atoms with Gasteiger partial charge in [0, 0.05) is 5.39 Å². The monoisotopic (exact) mass is 407 g/mol. The van der Waals surface area contributed by atoms with E-state index in [1.54, 1.807) is 11.6 Å². The van der Waals surface area contributed by atoms with Crippen molar-refractivity contribution < 1.29 is 18.0 Å². The van der Waals surface area contributed by atoms with Crippen molar-refractivity contribution >= 4 is 22.5 Å². The number of halogens is 3. The molecule has 0 bridgehead atoms. The normalized spacial score (nSPS) is 12.4. The van der Waals surface area contributed by atoms with Gasteiger partial charge in [0.15, 0.2) is 0 Å². The van der Waals surface area contributed by atoms with Crippen LogP contribution in [-0.4, -0.2) is 25.5 Å². The molecular weight excluding hydrogens is 387 g/mol. The number of amides is 1. The topological polar surface area (TPSA) is 81.8 Å². The van der Waals surface area contributed by atoms with Crippen LogP contribution in [0.4, 0.5) is 18.9 Å². The summed E-state index contributed by atoms with van der Waals surface area (Å²) in [5, 5.41) is 11.1. The zero-order chi connectivity index (χ0) is 21.6. The van der Waals surface area contributed by atoms with Gasteiger partial charge in [0.05, 0.1) is 28.7 Å². The molecule has 29 heavy (non-hydrogen) atoms. The van der Waals surface area contributed by atoms with E-state index in [9.17, 15) is 22.8 Å². The van der Waals surface area contributed by atoms with Crippen LogP contribution in [-0.2, 0) is 23.1 Å². The van der Waals surface area contributed by atoms with Crippen LogP contribution in [0.25, 0.3) is 10.9 Å². The molecule has 0 aliphatic heterocycles. The Balaban J connectivity index is 1.97. The van der Waals surface area contributed by atoms with E-state index in [0.717, 1.165) is 16.8 Å². The maximum Gasteiger partial charge on any atom is 0.418 e. The molecule has 0 atom stereocenters. The quantitative estimate of drug-likeness (QED) is 0.722. The first-order chi connectivity index (χ1) is 13.4. The number of hydrogen-bond donors (Lipinski definition) is 1. The number of hydrogen-bond acceptors (Lipinski definition) is 4. The van der Waals surface area contributed by atoms with E-state index in [0.29, 0.717) is 11.1 Å². The van der Waals surface area contributed by atoms with Gasteiger partial charge in [-0.15, -0.1) is 0 Å². The third-order valence-electron chi connectivity index (χ3n) is 4.30. The van der Waals surface area contributed by atoms with Crippen molar-refractivity contribution in [1.82, 2.24) is 19.6 Å². The molecule has 3 rings (SSSR count). The second-order valence-corrected chi connectivity index (χ2v) is 7.63. The number of alkyl halides is 3. The van der Waals surface area contributed by atoms with Crippen LogP contribution in [0.1, 0.15) is 32.0 Å². The van der Waals surface area contributed by atoms with E-state index in [-0.39, 0.29) is 11.2 Å². The first-order valence-corrected chi connectivity index (χ1v) is 8.81. The summed E-state index contributed by atoms with van der Waals surface area (Å²) < 4.78 is 41.8. The minimum atomic E-state index is -4.62. The van der Waals surface area contributed by atoms with Crippen LogP contribution in [0.5, 0.6) is 0 Å². The number of nitrogens with one attached hydrogen (secondary N) is 1. The van der Waals surface area contributed by atoms with Crippen LogP contribution in [0.3, 0.4) is 0 Å². The van der Waals surface area contributed by atoms with Crippen LogP contribution in [0.2, 0.25) is 0 Å². The molecule has 0 aliphatic carbocycles. The first-order valence-electron chi connectivity index (χ1n) is 8.81. The molecule has 2 heterocycles. The van der Waals surface area contributed by atoms with Crippen molar-refractivity contribution in [2.75, 3.05) is 5.32 Å². The highest BCUT2D eigenvalue weighted by molar-refractivity contribution is 5.91. The Kier molecular flexibility index (Phi) is 4.97. The Morgan fingerprint density at radius 1 is 1.17 bits per heavy atom. The molecule has 0 unspecified atom stereocenters. The standard InChI is InChI=1S/C19H20F3N5O2/c1-11-12-9-23-27(18(2,3)4)16(12)17(29)26(25-11)10-15(28)24-14-8-6-5-7-13(14)19(20,21)22/h5-9H,10H2,1-4H3,(H,24,28). The minimum absolute atomic E-state index is 0.286. The predicted molar refractivity (Wildman–Crippen MR) is 102 cm³/mol. The van der Waals surface area contributed by atoms with Crippen LogP contribution >= 0.6 is 0 Å². The number of anilines is 1. The van der Waals surface area contributed by atoms with Crippen molar-refractivity contribution in [2.24, 2.45) is 0 Å². The summed E-state index contributed by atoms with van der Waals surface area (Å²) in [6, 6.07) is 4.64. The van der Waals surface area contributed by atoms with E-state index in [2.05, 4.69) is 15.5 Å². The molecule has 7 nitrogen and oxygen atoms in total. The molecule has 0 aliphatic rings. The number of carbonyl (C=O) groups excluding carboxylic acids is 1. The largest absolute Gasteiger partial charge is 0.418 e. The molecule has 1 N–H and O–H groups in total. The van der Waals surface area contributed by atoms with Gasteiger partial charge in [-0.2, -0.15) is 23.4 Å². The van der Waals surface area contributed by atoms with Crippen molar-refractivity contribution in [3.8, 4) is 0 Å². The lowest BCUT2D eigenvalue weighted by Gasteiger charge is -2.20. The summed E-state index contributed by atoms with van der Waals surface area (Å²) in [5.41, 5.74) is -1.61.